The lowest BCUT2D eigenvalue weighted by Gasteiger charge is -2.12. The van der Waals surface area contributed by atoms with E-state index >= 15 is 0 Å². The summed E-state index contributed by atoms with van der Waals surface area (Å²) in [6.07, 6.45) is 0. The van der Waals surface area contributed by atoms with Gasteiger partial charge in [0, 0.05) is 17.1 Å². The summed E-state index contributed by atoms with van der Waals surface area (Å²) in [5.41, 5.74) is 0.510. The molecule has 0 radical (unpaired) electrons. The Labute approximate surface area is 114 Å². The highest BCUT2D eigenvalue weighted by Gasteiger charge is 2.13. The Kier molecular flexibility index (Phi) is 3.90. The van der Waals surface area contributed by atoms with Crippen LogP contribution in [0, 0.1) is 18.6 Å². The summed E-state index contributed by atoms with van der Waals surface area (Å²) in [5, 5.41) is 12.6. The van der Waals surface area contributed by atoms with Crippen LogP contribution in [0.15, 0.2) is 30.3 Å². The standard InChI is InChI=1S/C14H12ClF2NO/c1-8-5-6-11(16)14(13(8)17)18-7-9-10(15)3-2-4-12(9)19/h2-6,18-19H,7H2,1H3. The van der Waals surface area contributed by atoms with Crippen molar-refractivity contribution in [1.82, 2.24) is 0 Å². The Balaban J connectivity index is 2.27. The van der Waals surface area contributed by atoms with Gasteiger partial charge >= 0.3 is 0 Å². The van der Waals surface area contributed by atoms with Gasteiger partial charge in [0.1, 0.15) is 17.3 Å². The van der Waals surface area contributed by atoms with E-state index in [1.165, 1.54) is 18.2 Å². The van der Waals surface area contributed by atoms with Crippen molar-refractivity contribution in [3.8, 4) is 5.75 Å². The number of aromatic hydroxyl groups is 1. The van der Waals surface area contributed by atoms with Gasteiger partial charge in [-0.05, 0) is 30.7 Å². The molecule has 0 aliphatic heterocycles. The van der Waals surface area contributed by atoms with Gasteiger partial charge in [-0.3, -0.25) is 0 Å². The molecule has 0 saturated heterocycles. The molecule has 5 heteroatoms. The first-order chi connectivity index (χ1) is 9.00. The number of halogens is 3. The molecular weight excluding hydrogens is 272 g/mol. The summed E-state index contributed by atoms with van der Waals surface area (Å²) in [5.74, 6) is -1.35. The van der Waals surface area contributed by atoms with Crippen LogP contribution in [-0.4, -0.2) is 5.11 Å². The molecule has 0 heterocycles. The zero-order valence-electron chi connectivity index (χ0n) is 10.2. The third kappa shape index (κ3) is 2.79. The van der Waals surface area contributed by atoms with E-state index in [4.69, 9.17) is 11.6 Å². The van der Waals surface area contributed by atoms with E-state index in [2.05, 4.69) is 5.32 Å². The van der Waals surface area contributed by atoms with Crippen LogP contribution in [0.25, 0.3) is 0 Å². The van der Waals surface area contributed by atoms with Crippen LogP contribution in [0.3, 0.4) is 0 Å². The normalized spacial score (nSPS) is 10.5. The van der Waals surface area contributed by atoms with Crippen LogP contribution in [0.1, 0.15) is 11.1 Å². The predicted octanol–water partition coefficient (Wildman–Crippen LogP) is 4.24. The second kappa shape index (κ2) is 5.45. The van der Waals surface area contributed by atoms with Crippen molar-refractivity contribution in [3.05, 3.63) is 58.1 Å². The number of hydrogen-bond acceptors (Lipinski definition) is 2. The highest BCUT2D eigenvalue weighted by atomic mass is 35.5. The van der Waals surface area contributed by atoms with Gasteiger partial charge < -0.3 is 10.4 Å². The van der Waals surface area contributed by atoms with Crippen LogP contribution >= 0.6 is 11.6 Å². The predicted molar refractivity (Wildman–Crippen MR) is 71.5 cm³/mol. The van der Waals surface area contributed by atoms with E-state index in [0.717, 1.165) is 0 Å². The van der Waals surface area contributed by atoms with Crippen LogP contribution < -0.4 is 5.32 Å². The van der Waals surface area contributed by atoms with Gasteiger partial charge in [0.05, 0.1) is 0 Å². The SMILES string of the molecule is Cc1ccc(F)c(NCc2c(O)cccc2Cl)c1F. The summed E-state index contributed by atoms with van der Waals surface area (Å²) in [7, 11) is 0. The Morgan fingerprint density at radius 3 is 2.63 bits per heavy atom. The number of nitrogens with one attached hydrogen (secondary N) is 1. The Bertz CT molecular complexity index is 596. The van der Waals surface area contributed by atoms with Crippen LogP contribution in [0.4, 0.5) is 14.5 Å². The third-order valence-electron chi connectivity index (χ3n) is 2.82. The quantitative estimate of drug-likeness (QED) is 0.883. The molecule has 2 N–H and O–H groups in total. The fourth-order valence-corrected chi connectivity index (χ4v) is 1.95. The smallest absolute Gasteiger partial charge is 0.152 e. The lowest BCUT2D eigenvalue weighted by Crippen LogP contribution is -2.05. The molecular formula is C14H12ClF2NO. The first-order valence-corrected chi connectivity index (χ1v) is 6.03. The molecule has 0 spiro atoms. The van der Waals surface area contributed by atoms with Gasteiger partial charge in [0.15, 0.2) is 5.82 Å². The van der Waals surface area contributed by atoms with Crippen molar-refractivity contribution in [3.63, 3.8) is 0 Å². The van der Waals surface area contributed by atoms with Crippen LogP contribution in [0.2, 0.25) is 5.02 Å². The fraction of sp³-hybridized carbons (Fsp3) is 0.143. The van der Waals surface area contributed by atoms with Gasteiger partial charge in [0.25, 0.3) is 0 Å². The van der Waals surface area contributed by atoms with Crippen molar-refractivity contribution < 1.29 is 13.9 Å². The van der Waals surface area contributed by atoms with E-state index in [1.54, 1.807) is 19.1 Å². The van der Waals surface area contributed by atoms with Crippen molar-refractivity contribution >= 4 is 17.3 Å². The summed E-state index contributed by atoms with van der Waals surface area (Å²) in [4.78, 5) is 0. The van der Waals surface area contributed by atoms with E-state index < -0.39 is 11.6 Å². The molecule has 0 atom stereocenters. The van der Waals surface area contributed by atoms with E-state index in [9.17, 15) is 13.9 Å². The largest absolute Gasteiger partial charge is 0.508 e. The van der Waals surface area contributed by atoms with Crippen molar-refractivity contribution in [2.24, 2.45) is 0 Å². The number of rotatable bonds is 3. The molecule has 2 aromatic rings. The molecule has 100 valence electrons. The highest BCUT2D eigenvalue weighted by Crippen LogP contribution is 2.28. The Hall–Kier alpha value is -1.81. The average Bonchev–Trinajstić information content (AvgIpc) is 2.37. The molecule has 0 unspecified atom stereocenters. The minimum atomic E-state index is -0.686. The summed E-state index contributed by atoms with van der Waals surface area (Å²) in [6.45, 7) is 1.58. The second-order valence-corrected chi connectivity index (χ2v) is 4.55. The second-order valence-electron chi connectivity index (χ2n) is 4.14. The topological polar surface area (TPSA) is 32.3 Å². The average molecular weight is 284 g/mol. The lowest BCUT2D eigenvalue weighted by molar-refractivity contribution is 0.469. The number of phenolic OH excluding ortho intramolecular Hbond substituents is 1. The number of aryl methyl sites for hydroxylation is 1. The van der Waals surface area contributed by atoms with Crippen molar-refractivity contribution in [2.45, 2.75) is 13.5 Å². The molecule has 0 aliphatic rings. The Morgan fingerprint density at radius 1 is 1.21 bits per heavy atom. The molecule has 2 nitrogen and oxygen atoms in total. The minimum absolute atomic E-state index is 0.0199. The molecule has 2 aromatic carbocycles. The van der Waals surface area contributed by atoms with E-state index in [1.807, 2.05) is 0 Å². The number of hydrogen-bond donors (Lipinski definition) is 2. The Morgan fingerprint density at radius 2 is 1.95 bits per heavy atom. The van der Waals surface area contributed by atoms with E-state index in [0.29, 0.717) is 16.1 Å². The maximum atomic E-state index is 13.8. The van der Waals surface area contributed by atoms with Gasteiger partial charge in [-0.15, -0.1) is 0 Å². The van der Waals surface area contributed by atoms with Gasteiger partial charge in [-0.2, -0.15) is 0 Å². The maximum absolute atomic E-state index is 13.8. The first kappa shape index (κ1) is 13.6. The zero-order chi connectivity index (χ0) is 14.0. The molecule has 0 bridgehead atoms. The number of phenols is 1. The summed E-state index contributed by atoms with van der Waals surface area (Å²) < 4.78 is 27.3. The molecule has 19 heavy (non-hydrogen) atoms. The molecule has 0 amide bonds. The van der Waals surface area contributed by atoms with Crippen LogP contribution in [-0.2, 0) is 6.54 Å². The first-order valence-electron chi connectivity index (χ1n) is 5.65. The molecule has 0 aromatic heterocycles. The lowest BCUT2D eigenvalue weighted by atomic mass is 10.1. The fourth-order valence-electron chi connectivity index (χ4n) is 1.72. The summed E-state index contributed by atoms with van der Waals surface area (Å²) >= 11 is 5.92. The van der Waals surface area contributed by atoms with E-state index in [-0.39, 0.29) is 18.0 Å². The number of anilines is 1. The molecule has 0 fully saturated rings. The van der Waals surface area contributed by atoms with Crippen LogP contribution in [0.5, 0.6) is 5.75 Å². The molecule has 2 rings (SSSR count). The zero-order valence-corrected chi connectivity index (χ0v) is 10.9. The van der Waals surface area contributed by atoms with Crippen molar-refractivity contribution in [1.29, 1.82) is 0 Å². The third-order valence-corrected chi connectivity index (χ3v) is 3.17. The van der Waals surface area contributed by atoms with Gasteiger partial charge in [0.2, 0.25) is 0 Å². The van der Waals surface area contributed by atoms with Gasteiger partial charge in [-0.1, -0.05) is 23.7 Å². The monoisotopic (exact) mass is 283 g/mol. The number of benzene rings is 2. The summed E-state index contributed by atoms with van der Waals surface area (Å²) in [6, 6.07) is 7.21. The van der Waals surface area contributed by atoms with Gasteiger partial charge in [-0.25, -0.2) is 8.78 Å². The molecule has 0 saturated carbocycles. The maximum Gasteiger partial charge on any atom is 0.152 e. The minimum Gasteiger partial charge on any atom is -0.508 e. The van der Waals surface area contributed by atoms with Crippen molar-refractivity contribution in [2.75, 3.05) is 5.32 Å². The molecule has 0 aliphatic carbocycles. The highest BCUT2D eigenvalue weighted by molar-refractivity contribution is 6.31.